The molecule has 2 aromatic carbocycles. The monoisotopic (exact) mass is 569 g/mol. The molecule has 1 aliphatic carbocycles. The topological polar surface area (TPSA) is 110 Å². The van der Waals surface area contributed by atoms with E-state index in [1.165, 1.54) is 6.07 Å². The SMILES string of the molecule is Cc1noc(C2CC2C(=O)NCc2ccc(-c3cccc(C(F)(F)F)c3)c3c2CN(C(=O)NC2(C)COC2)CC3)n1. The maximum absolute atomic E-state index is 13.5. The third-order valence-electron chi connectivity index (χ3n) is 7.99. The fourth-order valence-electron chi connectivity index (χ4n) is 5.57. The van der Waals surface area contributed by atoms with E-state index in [1.54, 1.807) is 24.0 Å². The predicted molar refractivity (Wildman–Crippen MR) is 140 cm³/mol. The highest BCUT2D eigenvalue weighted by molar-refractivity contribution is 5.83. The van der Waals surface area contributed by atoms with Crippen LogP contribution in [0.5, 0.6) is 0 Å². The van der Waals surface area contributed by atoms with E-state index in [2.05, 4.69) is 20.8 Å². The molecule has 1 aromatic heterocycles. The van der Waals surface area contributed by atoms with Gasteiger partial charge in [-0.15, -0.1) is 0 Å². The maximum atomic E-state index is 13.5. The molecule has 3 amide bonds. The molecular formula is C29H30F3N5O4. The van der Waals surface area contributed by atoms with Gasteiger partial charge in [0, 0.05) is 19.6 Å². The van der Waals surface area contributed by atoms with Crippen LogP contribution >= 0.6 is 0 Å². The largest absolute Gasteiger partial charge is 0.416 e. The van der Waals surface area contributed by atoms with Crippen LogP contribution in [0.2, 0.25) is 0 Å². The number of amides is 3. The van der Waals surface area contributed by atoms with Gasteiger partial charge in [0.1, 0.15) is 0 Å². The van der Waals surface area contributed by atoms with Crippen molar-refractivity contribution in [1.82, 2.24) is 25.7 Å². The van der Waals surface area contributed by atoms with E-state index in [4.69, 9.17) is 9.26 Å². The van der Waals surface area contributed by atoms with Crippen molar-refractivity contribution in [2.75, 3.05) is 19.8 Å². The number of urea groups is 1. The lowest BCUT2D eigenvalue weighted by molar-refractivity contribution is -0.137. The Morgan fingerprint density at radius 2 is 1.98 bits per heavy atom. The van der Waals surface area contributed by atoms with E-state index in [0.717, 1.165) is 28.8 Å². The van der Waals surface area contributed by atoms with Gasteiger partial charge >= 0.3 is 12.2 Å². The number of alkyl halides is 3. The first kappa shape index (κ1) is 27.3. The molecule has 2 fully saturated rings. The van der Waals surface area contributed by atoms with Gasteiger partial charge in [-0.2, -0.15) is 18.2 Å². The number of aryl methyl sites for hydroxylation is 1. The highest BCUT2D eigenvalue weighted by Gasteiger charge is 2.47. The quantitative estimate of drug-likeness (QED) is 0.457. The van der Waals surface area contributed by atoms with E-state index in [-0.39, 0.29) is 36.9 Å². The molecule has 3 aliphatic rings. The second-order valence-corrected chi connectivity index (χ2v) is 11.3. The Morgan fingerprint density at radius 1 is 1.17 bits per heavy atom. The van der Waals surface area contributed by atoms with E-state index in [9.17, 15) is 22.8 Å². The molecule has 0 bridgehead atoms. The summed E-state index contributed by atoms with van der Waals surface area (Å²) in [4.78, 5) is 32.0. The zero-order valence-electron chi connectivity index (χ0n) is 22.7. The van der Waals surface area contributed by atoms with E-state index < -0.39 is 17.3 Å². The summed E-state index contributed by atoms with van der Waals surface area (Å²) in [6.07, 6.45) is -3.38. The molecule has 2 unspecified atom stereocenters. The smallest absolute Gasteiger partial charge is 0.376 e. The number of benzene rings is 2. The van der Waals surface area contributed by atoms with Crippen LogP contribution in [0.3, 0.4) is 0 Å². The van der Waals surface area contributed by atoms with E-state index in [0.29, 0.717) is 55.4 Å². The molecule has 2 N–H and O–H groups in total. The second-order valence-electron chi connectivity index (χ2n) is 11.3. The Morgan fingerprint density at radius 3 is 2.66 bits per heavy atom. The highest BCUT2D eigenvalue weighted by Crippen LogP contribution is 2.47. The van der Waals surface area contributed by atoms with Crippen LogP contribution in [0, 0.1) is 12.8 Å². The first-order valence-corrected chi connectivity index (χ1v) is 13.5. The normalized spacial score (nSPS) is 21.0. The van der Waals surface area contributed by atoms with Gasteiger partial charge in [-0.25, -0.2) is 4.79 Å². The number of rotatable bonds is 6. The van der Waals surface area contributed by atoms with Crippen LogP contribution in [-0.2, 0) is 35.2 Å². The van der Waals surface area contributed by atoms with Crippen molar-refractivity contribution in [2.45, 2.75) is 57.4 Å². The molecule has 3 heterocycles. The number of hydrogen-bond acceptors (Lipinski definition) is 6. The minimum atomic E-state index is -4.46. The van der Waals surface area contributed by atoms with Crippen LogP contribution in [-0.4, -0.2) is 52.3 Å². The summed E-state index contributed by atoms with van der Waals surface area (Å²) in [7, 11) is 0. The lowest BCUT2D eigenvalue weighted by Gasteiger charge is -2.41. The fraction of sp³-hybridized carbons (Fsp3) is 0.448. The number of carbonyl (C=O) groups excluding carboxylic acids is 2. The molecule has 216 valence electrons. The van der Waals surface area contributed by atoms with Crippen molar-refractivity contribution in [1.29, 1.82) is 0 Å². The van der Waals surface area contributed by atoms with Crippen molar-refractivity contribution in [3.63, 3.8) is 0 Å². The number of hydrogen-bond donors (Lipinski definition) is 2. The number of halogens is 3. The van der Waals surface area contributed by atoms with Crippen LogP contribution < -0.4 is 10.6 Å². The molecule has 6 rings (SSSR count). The average Bonchev–Trinajstić information content (AvgIpc) is 3.62. The van der Waals surface area contributed by atoms with Gasteiger partial charge in [0.25, 0.3) is 0 Å². The summed E-state index contributed by atoms with van der Waals surface area (Å²) >= 11 is 0. The standard InChI is InChI=1S/C29H30F3N5O4/c1-16-34-26(41-36-16)23-11-22(23)25(38)33-12-18-6-7-20(17-4-3-5-19(10-17)29(30,31)32)21-8-9-37(13-24(18)21)27(39)35-28(2)14-40-15-28/h3-7,10,22-23H,8-9,11-15H2,1-2H3,(H,33,38)(H,35,39). The molecule has 9 nitrogen and oxygen atoms in total. The van der Waals surface area contributed by atoms with Crippen molar-refractivity contribution < 1.29 is 32.0 Å². The Bertz CT molecular complexity index is 1500. The molecule has 3 aromatic rings. The van der Waals surface area contributed by atoms with Crippen molar-refractivity contribution in [3.8, 4) is 11.1 Å². The third kappa shape index (κ3) is 5.52. The summed E-state index contributed by atoms with van der Waals surface area (Å²) in [6, 6.07) is 8.67. The van der Waals surface area contributed by atoms with Crippen molar-refractivity contribution in [2.24, 2.45) is 5.92 Å². The Labute approximate surface area is 234 Å². The Kier molecular flexibility index (Phi) is 6.75. The third-order valence-corrected chi connectivity index (χ3v) is 7.99. The van der Waals surface area contributed by atoms with Gasteiger partial charge in [-0.05, 0) is 66.6 Å². The Hall–Kier alpha value is -3.93. The number of nitrogens with zero attached hydrogens (tertiary/aromatic N) is 3. The van der Waals surface area contributed by atoms with E-state index in [1.807, 2.05) is 13.0 Å². The molecule has 0 spiro atoms. The van der Waals surface area contributed by atoms with Gasteiger partial charge in [0.15, 0.2) is 5.82 Å². The number of fused-ring (bicyclic) bond motifs is 1. The van der Waals surface area contributed by atoms with Gasteiger partial charge in [0.2, 0.25) is 11.8 Å². The average molecular weight is 570 g/mol. The first-order valence-electron chi connectivity index (χ1n) is 13.5. The number of nitrogens with one attached hydrogen (secondary N) is 2. The minimum Gasteiger partial charge on any atom is -0.376 e. The summed E-state index contributed by atoms with van der Waals surface area (Å²) < 4.78 is 50.9. The Balaban J connectivity index is 1.25. The summed E-state index contributed by atoms with van der Waals surface area (Å²) in [6.45, 7) is 5.41. The zero-order chi connectivity index (χ0) is 28.9. The molecule has 2 atom stereocenters. The van der Waals surface area contributed by atoms with Gasteiger partial charge in [-0.1, -0.05) is 29.4 Å². The number of ether oxygens (including phenoxy) is 1. The summed E-state index contributed by atoms with van der Waals surface area (Å²) in [5.41, 5.74) is 2.52. The predicted octanol–water partition coefficient (Wildman–Crippen LogP) is 4.34. The van der Waals surface area contributed by atoms with Crippen molar-refractivity contribution >= 4 is 11.9 Å². The summed E-state index contributed by atoms with van der Waals surface area (Å²) in [5.74, 6) is 0.473. The first-order chi connectivity index (χ1) is 19.5. The van der Waals surface area contributed by atoms with Crippen LogP contribution in [0.25, 0.3) is 11.1 Å². The van der Waals surface area contributed by atoms with Crippen LogP contribution in [0.4, 0.5) is 18.0 Å². The lowest BCUT2D eigenvalue weighted by Crippen LogP contribution is -2.62. The summed E-state index contributed by atoms with van der Waals surface area (Å²) in [5, 5.41) is 9.81. The van der Waals surface area contributed by atoms with Crippen LogP contribution in [0.1, 0.15) is 53.2 Å². The fourth-order valence-corrected chi connectivity index (χ4v) is 5.57. The van der Waals surface area contributed by atoms with E-state index >= 15 is 0 Å². The molecule has 2 aliphatic heterocycles. The molecule has 12 heteroatoms. The van der Waals surface area contributed by atoms with Crippen LogP contribution in [0.15, 0.2) is 40.9 Å². The van der Waals surface area contributed by atoms with Crippen molar-refractivity contribution in [3.05, 3.63) is 70.4 Å². The second kappa shape index (κ2) is 10.2. The molecule has 41 heavy (non-hydrogen) atoms. The molecule has 0 radical (unpaired) electrons. The maximum Gasteiger partial charge on any atom is 0.416 e. The van der Waals surface area contributed by atoms with Gasteiger partial charge in [0.05, 0.1) is 36.2 Å². The minimum absolute atomic E-state index is 0.107. The van der Waals surface area contributed by atoms with Gasteiger partial charge < -0.3 is 24.8 Å². The van der Waals surface area contributed by atoms with Gasteiger partial charge in [-0.3, -0.25) is 4.79 Å². The number of carbonyl (C=O) groups is 2. The molecule has 1 saturated carbocycles. The number of aromatic nitrogens is 2. The highest BCUT2D eigenvalue weighted by atomic mass is 19.4. The lowest BCUT2D eigenvalue weighted by atomic mass is 9.87. The zero-order valence-corrected chi connectivity index (χ0v) is 22.7. The molecule has 1 saturated heterocycles. The molecular weight excluding hydrogens is 539 g/mol.